The van der Waals surface area contributed by atoms with Gasteiger partial charge in [0.25, 0.3) is 0 Å². The van der Waals surface area contributed by atoms with E-state index in [0.717, 1.165) is 5.56 Å². The van der Waals surface area contributed by atoms with Crippen LogP contribution in [0.4, 0.5) is 0 Å². The van der Waals surface area contributed by atoms with E-state index in [-0.39, 0.29) is 18.0 Å². The first kappa shape index (κ1) is 24.7. The lowest BCUT2D eigenvalue weighted by Crippen LogP contribution is -2.40. The van der Waals surface area contributed by atoms with Crippen LogP contribution in [0.1, 0.15) is 28.3 Å². The SMILES string of the molecule is COc1ccc(CNC(=O)C(NS(=O)(=O)c2ccc(CO)cc2)c2cccc(Cl)c2C)cc1. The molecular formula is C24H25ClN2O5S. The van der Waals surface area contributed by atoms with Crippen LogP contribution in [0, 0.1) is 6.92 Å². The third-order valence-corrected chi connectivity index (χ3v) is 7.05. The Morgan fingerprint density at radius 1 is 1.03 bits per heavy atom. The molecule has 0 aliphatic rings. The van der Waals surface area contributed by atoms with E-state index in [9.17, 15) is 18.3 Å². The highest BCUT2D eigenvalue weighted by Crippen LogP contribution is 2.26. The molecule has 1 amide bonds. The van der Waals surface area contributed by atoms with Crippen molar-refractivity contribution < 1.29 is 23.1 Å². The molecule has 3 rings (SSSR count). The molecule has 1 atom stereocenters. The van der Waals surface area contributed by atoms with Crippen molar-refractivity contribution in [2.24, 2.45) is 0 Å². The van der Waals surface area contributed by atoms with Gasteiger partial charge in [-0.25, -0.2) is 8.42 Å². The molecule has 0 aromatic heterocycles. The molecule has 0 fully saturated rings. The third kappa shape index (κ3) is 6.11. The van der Waals surface area contributed by atoms with E-state index in [1.54, 1.807) is 44.4 Å². The summed E-state index contributed by atoms with van der Waals surface area (Å²) in [7, 11) is -2.48. The van der Waals surface area contributed by atoms with Crippen molar-refractivity contribution in [2.75, 3.05) is 7.11 Å². The lowest BCUT2D eigenvalue weighted by molar-refractivity contribution is -0.123. The van der Waals surface area contributed by atoms with Crippen LogP contribution < -0.4 is 14.8 Å². The van der Waals surface area contributed by atoms with Crippen LogP contribution in [0.2, 0.25) is 5.02 Å². The van der Waals surface area contributed by atoms with Gasteiger partial charge in [-0.3, -0.25) is 4.79 Å². The van der Waals surface area contributed by atoms with Crippen LogP contribution in [0.25, 0.3) is 0 Å². The third-order valence-electron chi connectivity index (χ3n) is 5.20. The Kier molecular flexibility index (Phi) is 8.10. The van der Waals surface area contributed by atoms with E-state index in [1.165, 1.54) is 24.3 Å². The highest BCUT2D eigenvalue weighted by Gasteiger charge is 2.29. The van der Waals surface area contributed by atoms with Gasteiger partial charge in [-0.1, -0.05) is 48.0 Å². The summed E-state index contributed by atoms with van der Waals surface area (Å²) in [5.41, 5.74) is 2.45. The zero-order valence-electron chi connectivity index (χ0n) is 18.2. The Morgan fingerprint density at radius 3 is 2.27 bits per heavy atom. The number of aliphatic hydroxyl groups is 1. The number of amides is 1. The van der Waals surface area contributed by atoms with E-state index in [4.69, 9.17) is 16.3 Å². The lowest BCUT2D eigenvalue weighted by atomic mass is 10.0. The smallest absolute Gasteiger partial charge is 0.243 e. The number of aliphatic hydroxyl groups excluding tert-OH is 1. The Balaban J connectivity index is 1.88. The average molecular weight is 489 g/mol. The summed E-state index contributed by atoms with van der Waals surface area (Å²) in [6.07, 6.45) is 0. The number of methoxy groups -OCH3 is 1. The van der Waals surface area contributed by atoms with Crippen molar-refractivity contribution in [3.8, 4) is 5.75 Å². The standard InChI is InChI=1S/C24H25ClN2O5S/c1-16-21(4-3-5-22(16)25)23(24(29)26-14-17-6-10-19(32-2)11-7-17)27-33(30,31)20-12-8-18(15-28)9-13-20/h3-13,23,27-28H,14-15H2,1-2H3,(H,26,29). The van der Waals surface area contributed by atoms with Crippen LogP contribution in [0.3, 0.4) is 0 Å². The molecule has 0 aliphatic carbocycles. The number of rotatable bonds is 9. The van der Waals surface area contributed by atoms with Crippen molar-refractivity contribution >= 4 is 27.5 Å². The number of carbonyl (C=O) groups excluding carboxylic acids is 1. The van der Waals surface area contributed by atoms with E-state index < -0.39 is 22.0 Å². The molecule has 0 radical (unpaired) electrons. The Bertz CT molecular complexity index is 1210. The normalized spacial score (nSPS) is 12.2. The van der Waals surface area contributed by atoms with Gasteiger partial charge in [0.15, 0.2) is 0 Å². The van der Waals surface area contributed by atoms with Crippen molar-refractivity contribution in [3.05, 3.63) is 94.0 Å². The molecule has 3 aromatic carbocycles. The zero-order valence-corrected chi connectivity index (χ0v) is 19.8. The Morgan fingerprint density at radius 2 is 1.67 bits per heavy atom. The molecule has 9 heteroatoms. The molecule has 0 saturated carbocycles. The Hall–Kier alpha value is -2.91. The first-order valence-electron chi connectivity index (χ1n) is 10.1. The summed E-state index contributed by atoms with van der Waals surface area (Å²) in [6, 6.07) is 16.8. The molecule has 0 bridgehead atoms. The van der Waals surface area contributed by atoms with Gasteiger partial charge < -0.3 is 15.2 Å². The first-order valence-corrected chi connectivity index (χ1v) is 12.0. The number of benzene rings is 3. The largest absolute Gasteiger partial charge is 0.497 e. The van der Waals surface area contributed by atoms with Gasteiger partial charge in [-0.2, -0.15) is 4.72 Å². The highest BCUT2D eigenvalue weighted by atomic mass is 35.5. The second-order valence-electron chi connectivity index (χ2n) is 7.38. The van der Waals surface area contributed by atoms with Gasteiger partial charge in [0.1, 0.15) is 11.8 Å². The maximum atomic E-state index is 13.2. The number of nitrogens with one attached hydrogen (secondary N) is 2. The van der Waals surface area contributed by atoms with Crippen molar-refractivity contribution in [3.63, 3.8) is 0 Å². The Labute approximate surface area is 198 Å². The van der Waals surface area contributed by atoms with Crippen molar-refractivity contribution in [1.82, 2.24) is 10.0 Å². The molecule has 3 N–H and O–H groups in total. The van der Waals surface area contributed by atoms with Gasteiger partial charge in [-0.15, -0.1) is 0 Å². The van der Waals surface area contributed by atoms with Crippen molar-refractivity contribution in [2.45, 2.75) is 31.0 Å². The highest BCUT2D eigenvalue weighted by molar-refractivity contribution is 7.89. The maximum Gasteiger partial charge on any atom is 0.243 e. The van der Waals surface area contributed by atoms with Crippen molar-refractivity contribution in [1.29, 1.82) is 0 Å². The number of hydrogen-bond acceptors (Lipinski definition) is 5. The minimum Gasteiger partial charge on any atom is -0.497 e. The predicted octanol–water partition coefficient (Wildman–Crippen LogP) is 3.49. The molecule has 0 spiro atoms. The predicted molar refractivity (Wildman–Crippen MR) is 126 cm³/mol. The minimum atomic E-state index is -4.05. The van der Waals surface area contributed by atoms with Gasteiger partial charge >= 0.3 is 0 Å². The molecule has 3 aromatic rings. The molecule has 0 heterocycles. The summed E-state index contributed by atoms with van der Waals surface area (Å²) < 4.78 is 33.8. The molecular weight excluding hydrogens is 464 g/mol. The van der Waals surface area contributed by atoms with Gasteiger partial charge in [0.2, 0.25) is 15.9 Å². The minimum absolute atomic E-state index is 0.0210. The maximum absolute atomic E-state index is 13.2. The van der Waals surface area contributed by atoms with Crippen LogP contribution in [-0.2, 0) is 28.0 Å². The van der Waals surface area contributed by atoms with E-state index in [2.05, 4.69) is 10.0 Å². The van der Waals surface area contributed by atoms with Gasteiger partial charge in [-0.05, 0) is 59.5 Å². The number of halogens is 1. The van der Waals surface area contributed by atoms with E-state index in [0.29, 0.717) is 27.5 Å². The lowest BCUT2D eigenvalue weighted by Gasteiger charge is -2.21. The number of sulfonamides is 1. The monoisotopic (exact) mass is 488 g/mol. The topological polar surface area (TPSA) is 105 Å². The van der Waals surface area contributed by atoms with Crippen LogP contribution >= 0.6 is 11.6 Å². The fourth-order valence-corrected chi connectivity index (χ4v) is 4.58. The van der Waals surface area contributed by atoms with Crippen LogP contribution in [0.5, 0.6) is 5.75 Å². The fraction of sp³-hybridized carbons (Fsp3) is 0.208. The quantitative estimate of drug-likeness (QED) is 0.427. The fourth-order valence-electron chi connectivity index (χ4n) is 3.23. The zero-order chi connectivity index (χ0) is 24.0. The summed E-state index contributed by atoms with van der Waals surface area (Å²) in [5.74, 6) is 0.171. The molecule has 0 saturated heterocycles. The second kappa shape index (κ2) is 10.8. The summed E-state index contributed by atoms with van der Waals surface area (Å²) in [4.78, 5) is 13.2. The van der Waals surface area contributed by atoms with E-state index >= 15 is 0 Å². The van der Waals surface area contributed by atoms with Crippen LogP contribution in [0.15, 0.2) is 71.6 Å². The molecule has 1 unspecified atom stereocenters. The number of hydrogen-bond donors (Lipinski definition) is 3. The average Bonchev–Trinajstić information content (AvgIpc) is 2.83. The second-order valence-corrected chi connectivity index (χ2v) is 9.50. The molecule has 7 nitrogen and oxygen atoms in total. The number of ether oxygens (including phenoxy) is 1. The van der Waals surface area contributed by atoms with Crippen LogP contribution in [-0.4, -0.2) is 26.5 Å². The van der Waals surface area contributed by atoms with Gasteiger partial charge in [0, 0.05) is 11.6 Å². The molecule has 174 valence electrons. The summed E-state index contributed by atoms with van der Waals surface area (Å²) in [6.45, 7) is 1.73. The molecule has 33 heavy (non-hydrogen) atoms. The van der Waals surface area contributed by atoms with E-state index in [1.807, 2.05) is 12.1 Å². The summed E-state index contributed by atoms with van der Waals surface area (Å²) >= 11 is 6.24. The number of carbonyl (C=O) groups is 1. The first-order chi connectivity index (χ1) is 15.7. The summed E-state index contributed by atoms with van der Waals surface area (Å²) in [5, 5.41) is 12.4. The molecule has 0 aliphatic heterocycles. The van der Waals surface area contributed by atoms with Gasteiger partial charge in [0.05, 0.1) is 18.6 Å².